The zero-order valence-electron chi connectivity index (χ0n) is 12.9. The summed E-state index contributed by atoms with van der Waals surface area (Å²) in [6, 6.07) is 1.32. The summed E-state index contributed by atoms with van der Waals surface area (Å²) < 4.78 is 0. The molecule has 3 N–H and O–H groups in total. The first-order chi connectivity index (χ1) is 8.98. The summed E-state index contributed by atoms with van der Waals surface area (Å²) in [4.78, 5) is 0. The van der Waals surface area contributed by atoms with Gasteiger partial charge in [-0.2, -0.15) is 0 Å². The monoisotopic (exact) mass is 268 g/mol. The fourth-order valence-electron chi connectivity index (χ4n) is 4.10. The fourth-order valence-corrected chi connectivity index (χ4v) is 4.10. The van der Waals surface area contributed by atoms with E-state index >= 15 is 0 Å². The Morgan fingerprint density at radius 1 is 1.26 bits per heavy atom. The van der Waals surface area contributed by atoms with Crippen molar-refractivity contribution < 1.29 is 5.11 Å². The maximum atomic E-state index is 10.4. The summed E-state index contributed by atoms with van der Waals surface area (Å²) in [6.45, 7) is 8.25. The maximum absolute atomic E-state index is 10.4. The molecule has 0 amide bonds. The molecule has 2 rings (SSSR count). The highest BCUT2D eigenvalue weighted by molar-refractivity contribution is 4.94. The van der Waals surface area contributed by atoms with Gasteiger partial charge in [0.25, 0.3) is 0 Å². The molecule has 0 spiro atoms. The van der Waals surface area contributed by atoms with Gasteiger partial charge in [0.2, 0.25) is 0 Å². The molecule has 3 nitrogen and oxygen atoms in total. The van der Waals surface area contributed by atoms with Gasteiger partial charge in [0, 0.05) is 18.6 Å². The summed E-state index contributed by atoms with van der Waals surface area (Å²) in [5, 5.41) is 17.7. The highest BCUT2D eigenvalue weighted by atomic mass is 16.3. The van der Waals surface area contributed by atoms with Crippen LogP contribution in [0.15, 0.2) is 0 Å². The Labute approximate surface area is 118 Å². The van der Waals surface area contributed by atoms with Gasteiger partial charge in [0.1, 0.15) is 0 Å². The molecule has 0 aromatic heterocycles. The van der Waals surface area contributed by atoms with Gasteiger partial charge < -0.3 is 15.7 Å². The third kappa shape index (κ3) is 4.44. The number of rotatable bonds is 6. The van der Waals surface area contributed by atoms with Crippen molar-refractivity contribution in [1.82, 2.24) is 10.6 Å². The normalized spacial score (nSPS) is 34.9. The van der Waals surface area contributed by atoms with Gasteiger partial charge in [-0.25, -0.2) is 0 Å². The topological polar surface area (TPSA) is 44.3 Å². The van der Waals surface area contributed by atoms with Crippen molar-refractivity contribution in [1.29, 1.82) is 0 Å². The minimum atomic E-state index is -0.565. The highest BCUT2D eigenvalue weighted by Crippen LogP contribution is 2.32. The van der Waals surface area contributed by atoms with Crippen molar-refractivity contribution in [2.24, 2.45) is 11.8 Å². The molecule has 19 heavy (non-hydrogen) atoms. The molecule has 0 aromatic rings. The Morgan fingerprint density at radius 3 is 2.68 bits per heavy atom. The SMILES string of the molecule is CC(C)CC(C)(O)CNC1CCCC1C1CCCN1. The summed E-state index contributed by atoms with van der Waals surface area (Å²) in [7, 11) is 0. The first-order valence-electron chi connectivity index (χ1n) is 8.17. The van der Waals surface area contributed by atoms with Crippen LogP contribution in [0.4, 0.5) is 0 Å². The van der Waals surface area contributed by atoms with Crippen LogP contribution < -0.4 is 10.6 Å². The minimum absolute atomic E-state index is 0.549. The Morgan fingerprint density at radius 2 is 2.05 bits per heavy atom. The van der Waals surface area contributed by atoms with Crippen molar-refractivity contribution in [3.05, 3.63) is 0 Å². The van der Waals surface area contributed by atoms with Gasteiger partial charge in [-0.3, -0.25) is 0 Å². The van der Waals surface area contributed by atoms with Crippen molar-refractivity contribution in [3.8, 4) is 0 Å². The van der Waals surface area contributed by atoms with Crippen LogP contribution in [0.3, 0.4) is 0 Å². The Bertz CT molecular complexity index is 272. The van der Waals surface area contributed by atoms with E-state index in [0.717, 1.165) is 24.9 Å². The molecule has 4 atom stereocenters. The van der Waals surface area contributed by atoms with E-state index in [9.17, 15) is 5.11 Å². The first-order valence-corrected chi connectivity index (χ1v) is 8.17. The van der Waals surface area contributed by atoms with Gasteiger partial charge in [0.05, 0.1) is 5.60 Å². The number of aliphatic hydroxyl groups is 1. The maximum Gasteiger partial charge on any atom is 0.0746 e. The quantitative estimate of drug-likeness (QED) is 0.692. The smallest absolute Gasteiger partial charge is 0.0746 e. The zero-order chi connectivity index (χ0) is 13.9. The number of nitrogens with one attached hydrogen (secondary N) is 2. The average Bonchev–Trinajstić information content (AvgIpc) is 2.95. The van der Waals surface area contributed by atoms with Gasteiger partial charge >= 0.3 is 0 Å². The van der Waals surface area contributed by atoms with E-state index in [1.165, 1.54) is 38.6 Å². The second-order valence-electron chi connectivity index (χ2n) is 7.38. The van der Waals surface area contributed by atoms with Crippen molar-refractivity contribution in [2.45, 2.75) is 77.0 Å². The second kappa shape index (κ2) is 6.55. The van der Waals surface area contributed by atoms with Crippen LogP contribution in [0.5, 0.6) is 0 Å². The molecule has 4 unspecified atom stereocenters. The number of hydrogen-bond acceptors (Lipinski definition) is 3. The Hall–Kier alpha value is -0.120. The summed E-state index contributed by atoms with van der Waals surface area (Å²) in [6.07, 6.45) is 7.51. The van der Waals surface area contributed by atoms with E-state index in [1.54, 1.807) is 0 Å². The minimum Gasteiger partial charge on any atom is -0.389 e. The molecule has 1 saturated heterocycles. The zero-order valence-corrected chi connectivity index (χ0v) is 12.9. The molecule has 1 aliphatic carbocycles. The fraction of sp³-hybridized carbons (Fsp3) is 1.00. The predicted octanol–water partition coefficient (Wildman–Crippen LogP) is 2.29. The molecule has 0 radical (unpaired) electrons. The van der Waals surface area contributed by atoms with E-state index in [0.29, 0.717) is 12.0 Å². The van der Waals surface area contributed by atoms with E-state index in [1.807, 2.05) is 6.92 Å². The molecule has 2 fully saturated rings. The lowest BCUT2D eigenvalue weighted by atomic mass is 9.91. The summed E-state index contributed by atoms with van der Waals surface area (Å²) in [5.41, 5.74) is -0.565. The standard InChI is InChI=1S/C16H32N2O/c1-12(2)10-16(3,19)11-18-15-7-4-6-13(15)14-8-5-9-17-14/h12-15,17-19H,4-11H2,1-3H3. The molecule has 0 bridgehead atoms. The van der Waals surface area contributed by atoms with Crippen LogP contribution in [0, 0.1) is 11.8 Å². The van der Waals surface area contributed by atoms with Gasteiger partial charge in [0.15, 0.2) is 0 Å². The molecule has 0 aromatic carbocycles. The number of hydrogen-bond donors (Lipinski definition) is 3. The first kappa shape index (κ1) is 15.3. The van der Waals surface area contributed by atoms with Crippen molar-refractivity contribution in [3.63, 3.8) is 0 Å². The lowest BCUT2D eigenvalue weighted by Gasteiger charge is -2.31. The van der Waals surface area contributed by atoms with Crippen molar-refractivity contribution >= 4 is 0 Å². The van der Waals surface area contributed by atoms with Gasteiger partial charge in [-0.15, -0.1) is 0 Å². The summed E-state index contributed by atoms with van der Waals surface area (Å²) >= 11 is 0. The van der Waals surface area contributed by atoms with Gasteiger partial charge in [-0.1, -0.05) is 20.3 Å². The Balaban J connectivity index is 1.80. The van der Waals surface area contributed by atoms with E-state index < -0.39 is 5.60 Å². The third-order valence-corrected chi connectivity index (χ3v) is 4.78. The molecule has 3 heteroatoms. The van der Waals surface area contributed by atoms with E-state index in [4.69, 9.17) is 0 Å². The van der Waals surface area contributed by atoms with Gasteiger partial charge in [-0.05, 0) is 57.4 Å². The third-order valence-electron chi connectivity index (χ3n) is 4.78. The second-order valence-corrected chi connectivity index (χ2v) is 7.38. The van der Waals surface area contributed by atoms with Crippen LogP contribution >= 0.6 is 0 Å². The predicted molar refractivity (Wildman–Crippen MR) is 80.2 cm³/mol. The lowest BCUT2D eigenvalue weighted by molar-refractivity contribution is 0.0340. The van der Waals surface area contributed by atoms with Crippen LogP contribution in [0.25, 0.3) is 0 Å². The molecule has 112 valence electrons. The van der Waals surface area contributed by atoms with Crippen LogP contribution in [-0.2, 0) is 0 Å². The van der Waals surface area contributed by atoms with E-state index in [2.05, 4.69) is 24.5 Å². The van der Waals surface area contributed by atoms with Crippen LogP contribution in [-0.4, -0.2) is 35.9 Å². The van der Waals surface area contributed by atoms with Crippen LogP contribution in [0.1, 0.15) is 59.3 Å². The van der Waals surface area contributed by atoms with Crippen molar-refractivity contribution in [2.75, 3.05) is 13.1 Å². The molecule has 1 aliphatic heterocycles. The molecule has 1 saturated carbocycles. The van der Waals surface area contributed by atoms with Crippen LogP contribution in [0.2, 0.25) is 0 Å². The molecule has 1 heterocycles. The Kier molecular flexibility index (Phi) is 5.27. The van der Waals surface area contributed by atoms with E-state index in [-0.39, 0.29) is 0 Å². The average molecular weight is 268 g/mol. The summed E-state index contributed by atoms with van der Waals surface area (Å²) in [5.74, 6) is 1.32. The molecular weight excluding hydrogens is 236 g/mol. The lowest BCUT2D eigenvalue weighted by Crippen LogP contribution is -2.48. The molecule has 2 aliphatic rings. The largest absolute Gasteiger partial charge is 0.389 e. The molecular formula is C16H32N2O. The highest BCUT2D eigenvalue weighted by Gasteiger charge is 2.35.